The molecule has 0 saturated carbocycles. The maximum atomic E-state index is 3.35. The number of hydrogen-bond donors (Lipinski definition) is 1. The quantitative estimate of drug-likeness (QED) is 0.648. The summed E-state index contributed by atoms with van der Waals surface area (Å²) in [5.41, 5.74) is 3.77. The minimum atomic E-state index is 0.737. The molecule has 0 aliphatic heterocycles. The molecule has 0 bridgehead atoms. The van der Waals surface area contributed by atoms with Crippen LogP contribution in [0.25, 0.3) is 0 Å². The molecule has 0 aliphatic carbocycles. The Balaban J connectivity index is 1.69. The molecule has 0 radical (unpaired) electrons. The molecular formula is C18H19N. The van der Waals surface area contributed by atoms with Gasteiger partial charge in [0.25, 0.3) is 0 Å². The molecule has 0 aromatic heterocycles. The lowest BCUT2D eigenvalue weighted by atomic mass is 10.1. The smallest absolute Gasteiger partial charge is 0.0580 e. The van der Waals surface area contributed by atoms with Gasteiger partial charge in [-0.15, -0.1) is 0 Å². The molecule has 96 valence electrons. The van der Waals surface area contributed by atoms with Crippen LogP contribution in [-0.2, 0) is 6.42 Å². The third-order valence-corrected chi connectivity index (χ3v) is 2.89. The Morgan fingerprint density at radius 2 is 1.84 bits per heavy atom. The van der Waals surface area contributed by atoms with Gasteiger partial charge in [0.05, 0.1) is 6.54 Å². The molecule has 0 spiro atoms. The lowest BCUT2D eigenvalue weighted by Crippen LogP contribution is -2.17. The summed E-state index contributed by atoms with van der Waals surface area (Å²) in [6.07, 6.45) is 1.05. The molecule has 1 N–H and O–H groups in total. The molecule has 2 rings (SSSR count). The van der Waals surface area contributed by atoms with E-state index in [0.717, 1.165) is 25.1 Å². The fraction of sp³-hybridized carbons (Fsp3) is 0.222. The van der Waals surface area contributed by atoms with Crippen LogP contribution in [0.4, 0.5) is 0 Å². The maximum Gasteiger partial charge on any atom is 0.0580 e. The van der Waals surface area contributed by atoms with Crippen molar-refractivity contribution in [3.8, 4) is 11.8 Å². The average molecular weight is 249 g/mol. The second-order valence-electron chi connectivity index (χ2n) is 4.58. The lowest BCUT2D eigenvalue weighted by molar-refractivity contribution is 0.753. The van der Waals surface area contributed by atoms with Crippen LogP contribution in [0.5, 0.6) is 0 Å². The molecule has 19 heavy (non-hydrogen) atoms. The molecule has 0 fully saturated rings. The molecule has 0 saturated heterocycles. The van der Waals surface area contributed by atoms with Gasteiger partial charge >= 0.3 is 0 Å². The van der Waals surface area contributed by atoms with Crippen molar-refractivity contribution < 1.29 is 0 Å². The standard InChI is InChI=1S/C18H19N/c1-16-7-5-10-18(15-16)12-14-19-13-6-11-17-8-3-2-4-9-17/h2-5,7-10,15,19H,12-14H2,1H3. The van der Waals surface area contributed by atoms with E-state index in [-0.39, 0.29) is 0 Å². The van der Waals surface area contributed by atoms with Crippen molar-refractivity contribution in [3.05, 3.63) is 71.3 Å². The number of nitrogens with one attached hydrogen (secondary N) is 1. The topological polar surface area (TPSA) is 12.0 Å². The van der Waals surface area contributed by atoms with E-state index in [4.69, 9.17) is 0 Å². The highest BCUT2D eigenvalue weighted by atomic mass is 14.8. The van der Waals surface area contributed by atoms with Gasteiger partial charge in [0.2, 0.25) is 0 Å². The molecule has 2 aromatic carbocycles. The molecule has 2 aromatic rings. The van der Waals surface area contributed by atoms with Gasteiger partial charge in [-0.2, -0.15) is 0 Å². The Labute approximate surface area is 115 Å². The Hall–Kier alpha value is -2.04. The highest BCUT2D eigenvalue weighted by Crippen LogP contribution is 2.03. The first kappa shape index (κ1) is 13.4. The van der Waals surface area contributed by atoms with Gasteiger partial charge in [-0.1, -0.05) is 59.9 Å². The van der Waals surface area contributed by atoms with Gasteiger partial charge in [-0.3, -0.25) is 0 Å². The Morgan fingerprint density at radius 1 is 1.00 bits per heavy atom. The van der Waals surface area contributed by atoms with Crippen molar-refractivity contribution in [1.82, 2.24) is 5.32 Å². The van der Waals surface area contributed by atoms with Crippen LogP contribution in [0.15, 0.2) is 54.6 Å². The monoisotopic (exact) mass is 249 g/mol. The summed E-state index contributed by atoms with van der Waals surface area (Å²) in [4.78, 5) is 0. The second kappa shape index (κ2) is 7.41. The molecule has 0 heterocycles. The van der Waals surface area contributed by atoms with Gasteiger partial charge < -0.3 is 5.32 Å². The van der Waals surface area contributed by atoms with Crippen LogP contribution < -0.4 is 5.32 Å². The summed E-state index contributed by atoms with van der Waals surface area (Å²) < 4.78 is 0. The Morgan fingerprint density at radius 3 is 2.63 bits per heavy atom. The van der Waals surface area contributed by atoms with Crippen LogP contribution in [0, 0.1) is 18.8 Å². The highest BCUT2D eigenvalue weighted by molar-refractivity contribution is 5.33. The van der Waals surface area contributed by atoms with Crippen LogP contribution in [0.3, 0.4) is 0 Å². The van der Waals surface area contributed by atoms with E-state index in [2.05, 4.69) is 48.3 Å². The Bertz CT molecular complexity index is 561. The minimum Gasteiger partial charge on any atom is -0.306 e. The summed E-state index contributed by atoms with van der Waals surface area (Å²) in [5.74, 6) is 6.28. The minimum absolute atomic E-state index is 0.737. The molecular weight excluding hydrogens is 230 g/mol. The van der Waals surface area contributed by atoms with Gasteiger partial charge in [-0.25, -0.2) is 0 Å². The fourth-order valence-electron chi connectivity index (χ4n) is 1.92. The first-order valence-electron chi connectivity index (χ1n) is 6.65. The van der Waals surface area contributed by atoms with Gasteiger partial charge in [0.15, 0.2) is 0 Å². The zero-order valence-corrected chi connectivity index (χ0v) is 11.3. The normalized spacial score (nSPS) is 9.74. The predicted molar refractivity (Wildman–Crippen MR) is 81.1 cm³/mol. The molecule has 0 atom stereocenters. The van der Waals surface area contributed by atoms with Crippen LogP contribution >= 0.6 is 0 Å². The predicted octanol–water partition coefficient (Wildman–Crippen LogP) is 3.18. The van der Waals surface area contributed by atoms with Gasteiger partial charge in [0, 0.05) is 12.1 Å². The largest absolute Gasteiger partial charge is 0.306 e. The summed E-state index contributed by atoms with van der Waals surface area (Å²) in [6, 6.07) is 18.7. The SMILES string of the molecule is Cc1cccc(CCNCC#Cc2ccccc2)c1. The molecule has 0 unspecified atom stereocenters. The van der Waals surface area contributed by atoms with E-state index < -0.39 is 0 Å². The lowest BCUT2D eigenvalue weighted by Gasteiger charge is -2.02. The van der Waals surface area contributed by atoms with Crippen molar-refractivity contribution >= 4 is 0 Å². The molecule has 0 amide bonds. The number of aryl methyl sites for hydroxylation is 1. The van der Waals surface area contributed by atoms with Gasteiger partial charge in [-0.05, 0) is 31.0 Å². The van der Waals surface area contributed by atoms with Crippen molar-refractivity contribution in [2.24, 2.45) is 0 Å². The molecule has 1 heteroatoms. The Kier molecular flexibility index (Phi) is 5.22. The average Bonchev–Trinajstić information content (AvgIpc) is 2.44. The summed E-state index contributed by atoms with van der Waals surface area (Å²) in [7, 11) is 0. The van der Waals surface area contributed by atoms with E-state index in [1.165, 1.54) is 11.1 Å². The zero-order valence-electron chi connectivity index (χ0n) is 11.3. The van der Waals surface area contributed by atoms with Crippen molar-refractivity contribution in [1.29, 1.82) is 0 Å². The van der Waals surface area contributed by atoms with Crippen molar-refractivity contribution in [2.45, 2.75) is 13.3 Å². The summed E-state index contributed by atoms with van der Waals surface area (Å²) in [5, 5.41) is 3.35. The summed E-state index contributed by atoms with van der Waals surface area (Å²) >= 11 is 0. The van der Waals surface area contributed by atoms with E-state index in [1.807, 2.05) is 30.3 Å². The van der Waals surface area contributed by atoms with E-state index >= 15 is 0 Å². The van der Waals surface area contributed by atoms with Crippen molar-refractivity contribution in [3.63, 3.8) is 0 Å². The number of rotatable bonds is 4. The third kappa shape index (κ3) is 4.99. The highest BCUT2D eigenvalue weighted by Gasteiger charge is 1.92. The fourth-order valence-corrected chi connectivity index (χ4v) is 1.92. The first-order chi connectivity index (χ1) is 9.34. The van der Waals surface area contributed by atoms with Crippen LogP contribution in [0.2, 0.25) is 0 Å². The van der Waals surface area contributed by atoms with E-state index in [0.29, 0.717) is 0 Å². The van der Waals surface area contributed by atoms with Crippen LogP contribution in [-0.4, -0.2) is 13.1 Å². The number of benzene rings is 2. The zero-order chi connectivity index (χ0) is 13.3. The van der Waals surface area contributed by atoms with E-state index in [1.54, 1.807) is 0 Å². The van der Waals surface area contributed by atoms with Gasteiger partial charge in [0.1, 0.15) is 0 Å². The van der Waals surface area contributed by atoms with Crippen LogP contribution in [0.1, 0.15) is 16.7 Å². The van der Waals surface area contributed by atoms with Crippen molar-refractivity contribution in [2.75, 3.05) is 13.1 Å². The molecule has 1 nitrogen and oxygen atoms in total. The molecule has 0 aliphatic rings. The first-order valence-corrected chi connectivity index (χ1v) is 6.65. The summed E-state index contributed by atoms with van der Waals surface area (Å²) in [6.45, 7) is 3.83. The second-order valence-corrected chi connectivity index (χ2v) is 4.58. The number of hydrogen-bond acceptors (Lipinski definition) is 1. The third-order valence-electron chi connectivity index (χ3n) is 2.89. The van der Waals surface area contributed by atoms with E-state index in [9.17, 15) is 0 Å². The maximum absolute atomic E-state index is 3.35.